The molecule has 4 aromatic carbocycles. The topological polar surface area (TPSA) is 133 Å². The molecule has 0 bridgehead atoms. The van der Waals surface area contributed by atoms with Crippen LogP contribution in [0.3, 0.4) is 0 Å². The number of ether oxygens (including phenoxy) is 1. The van der Waals surface area contributed by atoms with Crippen molar-refractivity contribution in [3.63, 3.8) is 0 Å². The second-order valence-corrected chi connectivity index (χ2v) is 15.3. The summed E-state index contributed by atoms with van der Waals surface area (Å²) < 4.78 is 5.45. The number of nitrogens with zero attached hydrogens (tertiary/aromatic N) is 2. The summed E-state index contributed by atoms with van der Waals surface area (Å²) in [6, 6.07) is 22.4. The van der Waals surface area contributed by atoms with Crippen LogP contribution in [0.2, 0.25) is 15.1 Å². The fourth-order valence-corrected chi connectivity index (χ4v) is 9.77. The molecule has 0 aromatic heterocycles. The Bertz CT molecular complexity index is 2310. The van der Waals surface area contributed by atoms with Gasteiger partial charge in [0.25, 0.3) is 11.8 Å². The van der Waals surface area contributed by atoms with Crippen LogP contribution in [0.4, 0.5) is 11.4 Å². The predicted molar refractivity (Wildman–Crippen MR) is 203 cm³/mol. The Morgan fingerprint density at radius 3 is 2.22 bits per heavy atom. The second kappa shape index (κ2) is 13.3. The highest BCUT2D eigenvalue weighted by molar-refractivity contribution is 6.36. The average Bonchev–Trinajstić information content (AvgIpc) is 3.53. The fraction of sp³-hybridized carbons (Fsp3) is 0.244. The maximum absolute atomic E-state index is 15.4. The third-order valence-corrected chi connectivity index (χ3v) is 12.3. The van der Waals surface area contributed by atoms with Crippen molar-refractivity contribution in [1.82, 2.24) is 5.01 Å². The van der Waals surface area contributed by atoms with Gasteiger partial charge in [0.1, 0.15) is 11.5 Å². The van der Waals surface area contributed by atoms with Crippen LogP contribution in [0.1, 0.15) is 47.2 Å². The Hall–Kier alpha value is -5.16. The maximum atomic E-state index is 15.4. The number of hydrogen-bond donors (Lipinski definition) is 2. The van der Waals surface area contributed by atoms with E-state index in [1.807, 2.05) is 6.08 Å². The van der Waals surface area contributed by atoms with E-state index in [-0.39, 0.29) is 46.0 Å². The molecule has 8 rings (SSSR count). The van der Waals surface area contributed by atoms with Gasteiger partial charge in [0.15, 0.2) is 5.78 Å². The summed E-state index contributed by atoms with van der Waals surface area (Å²) in [5.41, 5.74) is 4.07. The number of phenolic OH excluding ortho intramolecular Hbond substituents is 1. The highest BCUT2D eigenvalue weighted by Crippen LogP contribution is 2.65. The largest absolute Gasteiger partial charge is 0.508 e. The van der Waals surface area contributed by atoms with E-state index in [0.29, 0.717) is 38.7 Å². The molecule has 2 aliphatic carbocycles. The minimum Gasteiger partial charge on any atom is -0.508 e. The number of rotatable bonds is 7. The van der Waals surface area contributed by atoms with E-state index in [2.05, 4.69) is 5.43 Å². The normalized spacial score (nSPS) is 25.9. The van der Waals surface area contributed by atoms with E-state index < -0.39 is 52.7 Å². The molecule has 0 spiro atoms. The van der Waals surface area contributed by atoms with Gasteiger partial charge in [-0.25, -0.2) is 0 Å². The van der Waals surface area contributed by atoms with E-state index in [4.69, 9.17) is 39.5 Å². The number of imide groups is 2. The molecule has 274 valence electrons. The molecule has 13 heteroatoms. The van der Waals surface area contributed by atoms with E-state index in [1.54, 1.807) is 66.7 Å². The number of ketones is 1. The third kappa shape index (κ3) is 5.33. The number of fused-ring (bicyclic) bond motifs is 4. The number of hydrogen-bond acceptors (Lipinski definition) is 8. The van der Waals surface area contributed by atoms with Gasteiger partial charge < -0.3 is 9.84 Å². The number of phenols is 1. The molecule has 4 aromatic rings. The number of nitrogens with one attached hydrogen (secondary N) is 1. The summed E-state index contributed by atoms with van der Waals surface area (Å²) in [7, 11) is 1.52. The van der Waals surface area contributed by atoms with Crippen molar-refractivity contribution >= 4 is 75.6 Å². The van der Waals surface area contributed by atoms with Gasteiger partial charge in [0.2, 0.25) is 11.8 Å². The molecule has 1 saturated carbocycles. The predicted octanol–water partition coefficient (Wildman–Crippen LogP) is 7.75. The van der Waals surface area contributed by atoms with Crippen molar-refractivity contribution in [2.45, 2.75) is 31.1 Å². The molecule has 3 fully saturated rings. The van der Waals surface area contributed by atoms with Crippen molar-refractivity contribution in [2.24, 2.45) is 23.7 Å². The zero-order valence-corrected chi connectivity index (χ0v) is 31.2. The Morgan fingerprint density at radius 2 is 1.57 bits per heavy atom. The van der Waals surface area contributed by atoms with Gasteiger partial charge in [-0.15, -0.1) is 0 Å². The number of hydrazine groups is 1. The number of anilines is 2. The molecule has 4 amide bonds. The number of methoxy groups -OCH3 is 1. The standard InChI is InChI=1S/C41H32Cl3N3O7/c1-20(48)21-3-8-24(9-4-21)46-37(50)29-15-14-27-30(35(29)39(46)52)19-31-38(51)47(45-34-16-7-23(42)17-33(34)44)40(53)41(31,22-5-11-26(54-2)12-6-22)36(27)28-13-10-25(49)18-32(28)43/h3-14,16-18,29-31,35-36,45,49H,15,19H2,1-2H3/t29-,30+,31-,35-,36+,41+/m0/s1. The Labute approximate surface area is 325 Å². The van der Waals surface area contributed by atoms with Crippen molar-refractivity contribution in [1.29, 1.82) is 0 Å². The maximum Gasteiger partial charge on any atom is 0.260 e. The van der Waals surface area contributed by atoms with Gasteiger partial charge in [0, 0.05) is 21.5 Å². The first kappa shape index (κ1) is 35.8. The second-order valence-electron chi connectivity index (χ2n) is 14.0. The minimum absolute atomic E-state index is 0.0540. The molecule has 6 atom stereocenters. The van der Waals surface area contributed by atoms with Gasteiger partial charge in [0.05, 0.1) is 46.7 Å². The van der Waals surface area contributed by atoms with Crippen LogP contribution in [0.25, 0.3) is 0 Å². The minimum atomic E-state index is -1.61. The Kier molecular flexibility index (Phi) is 8.83. The van der Waals surface area contributed by atoms with Crippen LogP contribution in [-0.2, 0) is 24.6 Å². The molecule has 4 aliphatic rings. The van der Waals surface area contributed by atoms with Gasteiger partial charge in [-0.3, -0.25) is 34.3 Å². The summed E-state index contributed by atoms with van der Waals surface area (Å²) in [4.78, 5) is 72.0. The van der Waals surface area contributed by atoms with Gasteiger partial charge in [-0.05, 0) is 104 Å². The van der Waals surface area contributed by atoms with Crippen molar-refractivity contribution in [3.8, 4) is 11.5 Å². The molecule has 2 heterocycles. The van der Waals surface area contributed by atoms with Crippen LogP contribution in [0.15, 0.2) is 96.6 Å². The number of Topliss-reactive ketones (excluding diaryl/α,β-unsaturated/α-hetero) is 1. The molecule has 2 aliphatic heterocycles. The molecule has 0 unspecified atom stereocenters. The monoisotopic (exact) mass is 783 g/mol. The molecule has 54 heavy (non-hydrogen) atoms. The average molecular weight is 785 g/mol. The van der Waals surface area contributed by atoms with E-state index >= 15 is 4.79 Å². The molecule has 10 nitrogen and oxygen atoms in total. The number of aromatic hydroxyl groups is 1. The lowest BCUT2D eigenvalue weighted by Gasteiger charge is -2.50. The van der Waals surface area contributed by atoms with Crippen molar-refractivity contribution in [3.05, 3.63) is 128 Å². The molecular weight excluding hydrogens is 753 g/mol. The number of allylic oxidation sites excluding steroid dienone is 2. The molecule has 2 N–H and O–H groups in total. The lowest BCUT2D eigenvalue weighted by molar-refractivity contribution is -0.138. The van der Waals surface area contributed by atoms with Crippen LogP contribution >= 0.6 is 34.8 Å². The van der Waals surface area contributed by atoms with Crippen LogP contribution in [0.5, 0.6) is 11.5 Å². The molecule has 2 saturated heterocycles. The smallest absolute Gasteiger partial charge is 0.260 e. The van der Waals surface area contributed by atoms with Crippen LogP contribution in [0, 0.1) is 23.7 Å². The summed E-state index contributed by atoms with van der Waals surface area (Å²) in [6.07, 6.45) is 2.17. The van der Waals surface area contributed by atoms with Gasteiger partial charge in [-0.1, -0.05) is 64.7 Å². The number of benzene rings is 4. The first-order valence-electron chi connectivity index (χ1n) is 17.3. The summed E-state index contributed by atoms with van der Waals surface area (Å²) in [5.74, 6) is -5.86. The first-order valence-corrected chi connectivity index (χ1v) is 18.4. The van der Waals surface area contributed by atoms with Crippen LogP contribution in [-0.4, -0.2) is 46.6 Å². The van der Waals surface area contributed by atoms with Crippen LogP contribution < -0.4 is 15.1 Å². The van der Waals surface area contributed by atoms with Crippen molar-refractivity contribution in [2.75, 3.05) is 17.4 Å². The fourth-order valence-electron chi connectivity index (χ4n) is 9.04. The zero-order valence-electron chi connectivity index (χ0n) is 28.9. The summed E-state index contributed by atoms with van der Waals surface area (Å²) >= 11 is 19.6. The van der Waals surface area contributed by atoms with Gasteiger partial charge >= 0.3 is 0 Å². The quantitative estimate of drug-likeness (QED) is 0.111. The Balaban J connectivity index is 1.31. The number of halogens is 3. The number of amides is 4. The van der Waals surface area contributed by atoms with Gasteiger partial charge in [-0.2, -0.15) is 5.01 Å². The lowest BCUT2D eigenvalue weighted by Crippen LogP contribution is -2.53. The molecular formula is C41H32Cl3N3O7. The lowest BCUT2D eigenvalue weighted by atomic mass is 9.49. The van der Waals surface area contributed by atoms with E-state index in [0.717, 1.165) is 5.01 Å². The molecule has 0 radical (unpaired) electrons. The van der Waals surface area contributed by atoms with E-state index in [9.17, 15) is 24.3 Å². The highest BCUT2D eigenvalue weighted by atomic mass is 35.5. The zero-order chi connectivity index (χ0) is 38.2. The SMILES string of the molecule is COc1ccc([C@@]23C(=O)N(Nc4ccc(Cl)cc4Cl)C(=O)[C@@H]2C[C@@H]2C(=CC[C@@H]4C(=O)N(c5ccc(C(C)=O)cc5)C(=O)[C@@H]42)[C@@H]3c2ccc(O)cc2Cl)cc1. The number of carbonyl (C=O) groups excluding carboxylic acids is 5. The third-order valence-electron chi connectivity index (χ3n) is 11.4. The highest BCUT2D eigenvalue weighted by Gasteiger charge is 2.70. The first-order chi connectivity index (χ1) is 25.9. The summed E-state index contributed by atoms with van der Waals surface area (Å²) in [5, 5.41) is 12.1. The Morgan fingerprint density at radius 1 is 0.852 bits per heavy atom. The number of carbonyl (C=O) groups is 5. The van der Waals surface area contributed by atoms with Crippen molar-refractivity contribution < 1.29 is 33.8 Å². The summed E-state index contributed by atoms with van der Waals surface area (Å²) in [6.45, 7) is 1.44. The van der Waals surface area contributed by atoms with E-state index in [1.165, 1.54) is 37.1 Å².